The Kier molecular flexibility index (Phi) is 1.89. The quantitative estimate of drug-likeness (QED) is 0.646. The molecule has 2 unspecified atom stereocenters. The van der Waals surface area contributed by atoms with E-state index in [1.54, 1.807) is 4.68 Å². The summed E-state index contributed by atoms with van der Waals surface area (Å²) in [5.74, 6) is 0. The molecular formula is C9H15N3O. The van der Waals surface area contributed by atoms with Crippen LogP contribution in [-0.4, -0.2) is 20.9 Å². The molecule has 1 aliphatic rings. The van der Waals surface area contributed by atoms with Crippen molar-refractivity contribution in [3.63, 3.8) is 0 Å². The van der Waals surface area contributed by atoms with Crippen LogP contribution in [0.1, 0.15) is 25.0 Å². The van der Waals surface area contributed by atoms with E-state index in [9.17, 15) is 5.11 Å². The number of nitrogens with two attached hydrogens (primary N) is 1. The Bertz CT molecular complexity index is 310. The minimum absolute atomic E-state index is 0.118. The van der Waals surface area contributed by atoms with Gasteiger partial charge >= 0.3 is 0 Å². The lowest BCUT2D eigenvalue weighted by Gasteiger charge is -2.19. The zero-order chi connectivity index (χ0) is 9.47. The number of aryl methyl sites for hydroxylation is 1. The van der Waals surface area contributed by atoms with E-state index >= 15 is 0 Å². The van der Waals surface area contributed by atoms with E-state index in [-0.39, 0.29) is 6.04 Å². The maximum absolute atomic E-state index is 10.2. The van der Waals surface area contributed by atoms with Gasteiger partial charge in [0.15, 0.2) is 0 Å². The van der Waals surface area contributed by atoms with Gasteiger partial charge in [-0.2, -0.15) is 5.10 Å². The standard InChI is InChI=1S/C9H15N3O/c1-12-5-3-8(11-12)9(13)4-2-7(10)6-9/h3,5,7,13H,2,4,6,10H2,1H3. The number of aliphatic hydroxyl groups is 1. The summed E-state index contributed by atoms with van der Waals surface area (Å²) in [5, 5.41) is 14.4. The Hall–Kier alpha value is -0.870. The summed E-state index contributed by atoms with van der Waals surface area (Å²) < 4.78 is 1.71. The Labute approximate surface area is 77.4 Å². The fraction of sp³-hybridized carbons (Fsp3) is 0.667. The van der Waals surface area contributed by atoms with Gasteiger partial charge in [0.2, 0.25) is 0 Å². The Morgan fingerprint density at radius 2 is 2.54 bits per heavy atom. The molecule has 0 bridgehead atoms. The van der Waals surface area contributed by atoms with Crippen LogP contribution in [0.2, 0.25) is 0 Å². The van der Waals surface area contributed by atoms with Crippen LogP contribution in [0.15, 0.2) is 12.3 Å². The summed E-state index contributed by atoms with van der Waals surface area (Å²) in [6.07, 6.45) is 4.08. The van der Waals surface area contributed by atoms with Gasteiger partial charge in [0, 0.05) is 19.3 Å². The molecule has 0 aromatic carbocycles. The number of rotatable bonds is 1. The first kappa shape index (κ1) is 8.72. The Balaban J connectivity index is 2.25. The highest BCUT2D eigenvalue weighted by Crippen LogP contribution is 2.36. The van der Waals surface area contributed by atoms with E-state index in [1.807, 2.05) is 19.3 Å². The monoisotopic (exact) mass is 181 g/mol. The lowest BCUT2D eigenvalue weighted by Crippen LogP contribution is -2.26. The second-order valence-corrected chi connectivity index (χ2v) is 3.91. The summed E-state index contributed by atoms with van der Waals surface area (Å²) in [6, 6.07) is 1.98. The van der Waals surface area contributed by atoms with Gasteiger partial charge in [-0.05, 0) is 25.3 Å². The fourth-order valence-corrected chi connectivity index (χ4v) is 1.96. The van der Waals surface area contributed by atoms with Gasteiger partial charge in [-0.25, -0.2) is 0 Å². The predicted octanol–water partition coefficient (Wildman–Crippen LogP) is 0.119. The van der Waals surface area contributed by atoms with Crippen LogP contribution in [-0.2, 0) is 12.6 Å². The van der Waals surface area contributed by atoms with E-state index in [0.717, 1.165) is 18.5 Å². The van der Waals surface area contributed by atoms with Crippen LogP contribution in [0.3, 0.4) is 0 Å². The zero-order valence-corrected chi connectivity index (χ0v) is 7.77. The highest BCUT2D eigenvalue weighted by Gasteiger charge is 2.38. The topological polar surface area (TPSA) is 64.1 Å². The van der Waals surface area contributed by atoms with E-state index in [2.05, 4.69) is 5.10 Å². The molecule has 1 aromatic heterocycles. The summed E-state index contributed by atoms with van der Waals surface area (Å²) in [4.78, 5) is 0. The highest BCUT2D eigenvalue weighted by atomic mass is 16.3. The second-order valence-electron chi connectivity index (χ2n) is 3.91. The summed E-state index contributed by atoms with van der Waals surface area (Å²) in [7, 11) is 1.85. The first-order chi connectivity index (χ1) is 6.10. The van der Waals surface area contributed by atoms with Gasteiger partial charge in [-0.15, -0.1) is 0 Å². The molecule has 2 rings (SSSR count). The van der Waals surface area contributed by atoms with Crippen LogP contribution < -0.4 is 5.73 Å². The molecule has 0 spiro atoms. The van der Waals surface area contributed by atoms with Crippen molar-refractivity contribution in [2.75, 3.05) is 0 Å². The number of nitrogens with zero attached hydrogens (tertiary/aromatic N) is 2. The molecule has 13 heavy (non-hydrogen) atoms. The third kappa shape index (κ3) is 1.47. The average Bonchev–Trinajstić information content (AvgIpc) is 2.60. The third-order valence-electron chi connectivity index (χ3n) is 2.72. The maximum atomic E-state index is 10.2. The molecule has 0 radical (unpaired) electrons. The molecule has 1 aliphatic carbocycles. The molecule has 0 aliphatic heterocycles. The molecule has 1 fully saturated rings. The number of hydrogen-bond acceptors (Lipinski definition) is 3. The molecule has 2 atom stereocenters. The van der Waals surface area contributed by atoms with E-state index in [4.69, 9.17) is 5.73 Å². The van der Waals surface area contributed by atoms with Gasteiger partial charge in [0.25, 0.3) is 0 Å². The van der Waals surface area contributed by atoms with E-state index in [0.29, 0.717) is 6.42 Å². The van der Waals surface area contributed by atoms with Crippen molar-refractivity contribution < 1.29 is 5.11 Å². The van der Waals surface area contributed by atoms with Gasteiger partial charge in [0.05, 0.1) is 5.69 Å². The molecule has 1 saturated carbocycles. The molecule has 0 saturated heterocycles. The molecule has 1 heterocycles. The smallest absolute Gasteiger partial charge is 0.110 e. The predicted molar refractivity (Wildman–Crippen MR) is 48.9 cm³/mol. The fourth-order valence-electron chi connectivity index (χ4n) is 1.96. The minimum Gasteiger partial charge on any atom is -0.383 e. The largest absolute Gasteiger partial charge is 0.383 e. The molecular weight excluding hydrogens is 166 g/mol. The first-order valence-electron chi connectivity index (χ1n) is 4.58. The van der Waals surface area contributed by atoms with Crippen molar-refractivity contribution in [3.8, 4) is 0 Å². The number of hydrogen-bond donors (Lipinski definition) is 2. The summed E-state index contributed by atoms with van der Waals surface area (Å²) in [6.45, 7) is 0. The van der Waals surface area contributed by atoms with E-state index in [1.165, 1.54) is 0 Å². The van der Waals surface area contributed by atoms with Gasteiger partial charge in [0.1, 0.15) is 5.60 Å². The van der Waals surface area contributed by atoms with Crippen molar-refractivity contribution in [3.05, 3.63) is 18.0 Å². The molecule has 4 nitrogen and oxygen atoms in total. The molecule has 72 valence electrons. The van der Waals surface area contributed by atoms with Crippen molar-refractivity contribution in [1.29, 1.82) is 0 Å². The number of aromatic nitrogens is 2. The van der Waals surface area contributed by atoms with Crippen LogP contribution in [0.5, 0.6) is 0 Å². The van der Waals surface area contributed by atoms with Crippen molar-refractivity contribution in [2.24, 2.45) is 12.8 Å². The van der Waals surface area contributed by atoms with Crippen LogP contribution in [0, 0.1) is 0 Å². The van der Waals surface area contributed by atoms with Crippen molar-refractivity contribution in [2.45, 2.75) is 30.9 Å². The van der Waals surface area contributed by atoms with Gasteiger partial charge < -0.3 is 10.8 Å². The zero-order valence-electron chi connectivity index (χ0n) is 7.77. The molecule has 0 amide bonds. The SMILES string of the molecule is Cn1ccc(C2(O)CCC(N)C2)n1. The first-order valence-corrected chi connectivity index (χ1v) is 4.58. The van der Waals surface area contributed by atoms with Crippen LogP contribution in [0.25, 0.3) is 0 Å². The lowest BCUT2D eigenvalue weighted by atomic mass is 9.98. The third-order valence-corrected chi connectivity index (χ3v) is 2.72. The van der Waals surface area contributed by atoms with E-state index < -0.39 is 5.60 Å². The summed E-state index contributed by atoms with van der Waals surface area (Å²) in [5.41, 5.74) is 5.74. The molecule has 4 heteroatoms. The minimum atomic E-state index is -0.777. The van der Waals surface area contributed by atoms with Crippen LogP contribution in [0.4, 0.5) is 0 Å². The van der Waals surface area contributed by atoms with Gasteiger partial charge in [-0.1, -0.05) is 0 Å². The molecule has 3 N–H and O–H groups in total. The lowest BCUT2D eigenvalue weighted by molar-refractivity contribution is 0.0380. The Morgan fingerprint density at radius 3 is 3.00 bits per heavy atom. The summed E-state index contributed by atoms with van der Waals surface area (Å²) >= 11 is 0. The second kappa shape index (κ2) is 2.82. The normalized spacial score (nSPS) is 33.9. The van der Waals surface area contributed by atoms with Crippen molar-refractivity contribution >= 4 is 0 Å². The van der Waals surface area contributed by atoms with Gasteiger partial charge in [-0.3, -0.25) is 4.68 Å². The average molecular weight is 181 g/mol. The van der Waals surface area contributed by atoms with Crippen molar-refractivity contribution in [1.82, 2.24) is 9.78 Å². The maximum Gasteiger partial charge on any atom is 0.110 e. The highest BCUT2D eigenvalue weighted by molar-refractivity contribution is 5.13. The Morgan fingerprint density at radius 1 is 1.77 bits per heavy atom. The van der Waals surface area contributed by atoms with Crippen LogP contribution >= 0.6 is 0 Å². The molecule has 1 aromatic rings.